The van der Waals surface area contributed by atoms with Crippen LogP contribution in [0.25, 0.3) is 0 Å². The van der Waals surface area contributed by atoms with Crippen molar-refractivity contribution in [2.75, 3.05) is 5.75 Å². The summed E-state index contributed by atoms with van der Waals surface area (Å²) in [5.41, 5.74) is 0.00705. The fourth-order valence-corrected chi connectivity index (χ4v) is 3.57. The van der Waals surface area contributed by atoms with Crippen LogP contribution >= 0.6 is 11.8 Å². The van der Waals surface area contributed by atoms with E-state index in [-0.39, 0.29) is 29.0 Å². The van der Waals surface area contributed by atoms with E-state index >= 15 is 0 Å². The number of nitrogens with one attached hydrogen (secondary N) is 1. The largest absolute Gasteiger partial charge is 0.481 e. The van der Waals surface area contributed by atoms with Crippen LogP contribution < -0.4 is 5.32 Å². The molecule has 0 aromatic rings. The van der Waals surface area contributed by atoms with Crippen LogP contribution in [0.4, 0.5) is 0 Å². The molecule has 2 N–H and O–H groups in total. The predicted molar refractivity (Wildman–Crippen MR) is 78.4 cm³/mol. The second-order valence-electron chi connectivity index (χ2n) is 6.42. The minimum Gasteiger partial charge on any atom is -0.481 e. The first kappa shape index (κ1) is 16.3. The number of aliphatic carboxylic acids is 1. The normalized spacial score (nSPS) is 21.7. The first-order valence-electron chi connectivity index (χ1n) is 6.92. The van der Waals surface area contributed by atoms with E-state index in [4.69, 9.17) is 5.11 Å². The Morgan fingerprint density at radius 3 is 2.53 bits per heavy atom. The van der Waals surface area contributed by atoms with Crippen LogP contribution in [0.5, 0.6) is 0 Å². The highest BCUT2D eigenvalue weighted by Gasteiger charge is 2.27. The van der Waals surface area contributed by atoms with Gasteiger partial charge in [-0.15, -0.1) is 11.8 Å². The third-order valence-corrected chi connectivity index (χ3v) is 4.47. The molecule has 19 heavy (non-hydrogen) atoms. The van der Waals surface area contributed by atoms with Gasteiger partial charge in [0.25, 0.3) is 0 Å². The maximum atomic E-state index is 12.2. The zero-order valence-electron chi connectivity index (χ0n) is 12.1. The molecular weight excluding hydrogens is 262 g/mol. The maximum Gasteiger partial charge on any atom is 0.305 e. The van der Waals surface area contributed by atoms with Crippen LogP contribution in [0.15, 0.2) is 0 Å². The molecule has 0 radical (unpaired) electrons. The van der Waals surface area contributed by atoms with Gasteiger partial charge in [-0.3, -0.25) is 9.59 Å². The van der Waals surface area contributed by atoms with Gasteiger partial charge < -0.3 is 10.4 Å². The van der Waals surface area contributed by atoms with Crippen LogP contribution in [0.1, 0.15) is 52.9 Å². The molecule has 0 aliphatic carbocycles. The molecule has 0 bridgehead atoms. The Morgan fingerprint density at radius 2 is 2.05 bits per heavy atom. The molecule has 1 saturated heterocycles. The standard InChI is InChI=1S/C14H25NO3S/c1-14(2,3)9-10(8-12(16)17)15-13(18)11-6-4-5-7-19-11/h10-11H,4-9H2,1-3H3,(H,15,18)(H,16,17). The lowest BCUT2D eigenvalue weighted by atomic mass is 9.87. The van der Waals surface area contributed by atoms with Crippen LogP contribution in [0, 0.1) is 5.41 Å². The van der Waals surface area contributed by atoms with E-state index in [1.807, 2.05) is 0 Å². The average Bonchev–Trinajstić information content (AvgIpc) is 2.26. The van der Waals surface area contributed by atoms with Crippen molar-refractivity contribution in [3.05, 3.63) is 0 Å². The highest BCUT2D eigenvalue weighted by atomic mass is 32.2. The van der Waals surface area contributed by atoms with Crippen molar-refractivity contribution in [3.63, 3.8) is 0 Å². The van der Waals surface area contributed by atoms with Crippen LogP contribution in [-0.4, -0.2) is 34.0 Å². The van der Waals surface area contributed by atoms with Crippen molar-refractivity contribution >= 4 is 23.6 Å². The summed E-state index contributed by atoms with van der Waals surface area (Å²) in [6, 6.07) is -0.271. The smallest absolute Gasteiger partial charge is 0.305 e. The van der Waals surface area contributed by atoms with Crippen molar-refractivity contribution in [1.29, 1.82) is 0 Å². The van der Waals surface area contributed by atoms with Crippen molar-refractivity contribution in [3.8, 4) is 0 Å². The fraction of sp³-hybridized carbons (Fsp3) is 0.857. The van der Waals surface area contributed by atoms with Gasteiger partial charge in [-0.05, 0) is 30.4 Å². The topological polar surface area (TPSA) is 66.4 Å². The Labute approximate surface area is 119 Å². The lowest BCUT2D eigenvalue weighted by molar-refractivity contribution is -0.137. The lowest BCUT2D eigenvalue weighted by Gasteiger charge is -2.28. The first-order chi connectivity index (χ1) is 8.78. The van der Waals surface area contributed by atoms with Crippen LogP contribution in [0.2, 0.25) is 0 Å². The molecule has 2 atom stereocenters. The number of hydrogen-bond donors (Lipinski definition) is 2. The summed E-state index contributed by atoms with van der Waals surface area (Å²) in [7, 11) is 0. The van der Waals surface area contributed by atoms with Gasteiger partial charge >= 0.3 is 5.97 Å². The minimum absolute atomic E-state index is 0.000394. The molecular formula is C14H25NO3S. The number of carbonyl (C=O) groups excluding carboxylic acids is 1. The van der Waals surface area contributed by atoms with E-state index in [1.54, 1.807) is 11.8 Å². The van der Waals surface area contributed by atoms with Crippen LogP contribution in [0.3, 0.4) is 0 Å². The molecule has 0 aromatic heterocycles. The summed E-state index contributed by atoms with van der Waals surface area (Å²) in [6.45, 7) is 6.18. The summed E-state index contributed by atoms with van der Waals surface area (Å²) in [5.74, 6) is 0.187. The number of carboxylic acid groups (broad SMARTS) is 1. The molecule has 110 valence electrons. The highest BCUT2D eigenvalue weighted by molar-refractivity contribution is 8.00. The molecule has 0 spiro atoms. The highest BCUT2D eigenvalue weighted by Crippen LogP contribution is 2.26. The summed E-state index contributed by atoms with van der Waals surface area (Å²) in [4.78, 5) is 23.0. The van der Waals surface area contributed by atoms with Crippen molar-refractivity contribution in [2.45, 2.75) is 64.2 Å². The Balaban J connectivity index is 2.54. The molecule has 1 fully saturated rings. The summed E-state index contributed by atoms with van der Waals surface area (Å²) < 4.78 is 0. The van der Waals surface area contributed by atoms with Crippen molar-refractivity contribution in [1.82, 2.24) is 5.32 Å². The summed E-state index contributed by atoms with van der Waals surface area (Å²) in [6.07, 6.45) is 3.86. The Morgan fingerprint density at radius 1 is 1.37 bits per heavy atom. The SMILES string of the molecule is CC(C)(C)CC(CC(=O)O)NC(=O)C1CCCCS1. The van der Waals surface area contributed by atoms with E-state index < -0.39 is 5.97 Å². The second-order valence-corrected chi connectivity index (χ2v) is 7.73. The van der Waals surface area contributed by atoms with Crippen molar-refractivity contribution < 1.29 is 14.7 Å². The Kier molecular flexibility index (Phi) is 6.17. The van der Waals surface area contributed by atoms with Gasteiger partial charge in [0, 0.05) is 6.04 Å². The molecule has 2 unspecified atom stereocenters. The van der Waals surface area contributed by atoms with E-state index in [9.17, 15) is 9.59 Å². The number of thioether (sulfide) groups is 1. The quantitative estimate of drug-likeness (QED) is 0.816. The van der Waals surface area contributed by atoms with Gasteiger partial charge in [0.15, 0.2) is 0 Å². The van der Waals surface area contributed by atoms with Gasteiger partial charge in [-0.1, -0.05) is 27.2 Å². The van der Waals surface area contributed by atoms with E-state index in [0.29, 0.717) is 6.42 Å². The van der Waals surface area contributed by atoms with E-state index in [1.165, 1.54) is 6.42 Å². The van der Waals surface area contributed by atoms with Gasteiger partial charge in [0.2, 0.25) is 5.91 Å². The molecule has 0 saturated carbocycles. The predicted octanol–water partition coefficient (Wildman–Crippen LogP) is 2.67. The number of carboxylic acids is 1. The summed E-state index contributed by atoms with van der Waals surface area (Å²) in [5, 5.41) is 11.9. The van der Waals surface area contributed by atoms with Gasteiger partial charge in [-0.25, -0.2) is 0 Å². The van der Waals surface area contributed by atoms with E-state index in [2.05, 4.69) is 26.1 Å². The average molecular weight is 287 g/mol. The molecule has 1 heterocycles. The third-order valence-electron chi connectivity index (χ3n) is 3.10. The number of rotatable bonds is 5. The molecule has 1 aliphatic rings. The molecule has 1 rings (SSSR count). The third kappa shape index (κ3) is 6.85. The molecule has 1 aliphatic heterocycles. The number of carbonyl (C=O) groups is 2. The summed E-state index contributed by atoms with van der Waals surface area (Å²) >= 11 is 1.69. The lowest BCUT2D eigenvalue weighted by Crippen LogP contribution is -2.43. The number of hydrogen-bond acceptors (Lipinski definition) is 3. The molecule has 0 aromatic carbocycles. The monoisotopic (exact) mass is 287 g/mol. The molecule has 4 nitrogen and oxygen atoms in total. The second kappa shape index (κ2) is 7.17. The molecule has 1 amide bonds. The van der Waals surface area contributed by atoms with Gasteiger partial charge in [0.05, 0.1) is 11.7 Å². The van der Waals surface area contributed by atoms with Crippen molar-refractivity contribution in [2.24, 2.45) is 5.41 Å². The van der Waals surface area contributed by atoms with Gasteiger partial charge in [-0.2, -0.15) is 0 Å². The molecule has 5 heteroatoms. The van der Waals surface area contributed by atoms with E-state index in [0.717, 1.165) is 18.6 Å². The van der Waals surface area contributed by atoms with Crippen LogP contribution in [-0.2, 0) is 9.59 Å². The maximum absolute atomic E-state index is 12.2. The Hall–Kier alpha value is -0.710. The number of amides is 1. The zero-order valence-corrected chi connectivity index (χ0v) is 12.9. The zero-order chi connectivity index (χ0) is 14.5. The first-order valence-corrected chi connectivity index (χ1v) is 7.96. The fourth-order valence-electron chi connectivity index (χ4n) is 2.37. The van der Waals surface area contributed by atoms with Gasteiger partial charge in [0.1, 0.15) is 0 Å². The Bertz CT molecular complexity index is 319. The minimum atomic E-state index is -0.856.